The highest BCUT2D eigenvalue weighted by Gasteiger charge is 2.38. The highest BCUT2D eigenvalue weighted by atomic mass is 16.5. The van der Waals surface area contributed by atoms with E-state index < -0.39 is 12.1 Å². The molecule has 0 bridgehead atoms. The van der Waals surface area contributed by atoms with Gasteiger partial charge >= 0.3 is 6.03 Å². The molecule has 0 spiro atoms. The maximum atomic E-state index is 12.6. The molecule has 2 aromatic carbocycles. The summed E-state index contributed by atoms with van der Waals surface area (Å²) in [5.74, 6) is 1.00. The molecule has 1 aliphatic heterocycles. The maximum absolute atomic E-state index is 12.6. The van der Waals surface area contributed by atoms with Crippen molar-refractivity contribution in [3.8, 4) is 5.75 Å². The fraction of sp³-hybridized carbons (Fsp3) is 0.304. The highest BCUT2D eigenvalue weighted by molar-refractivity contribution is 6.21. The monoisotopic (exact) mass is 435 g/mol. The number of para-hydroxylation sites is 2. The van der Waals surface area contributed by atoms with Crippen LogP contribution in [0, 0.1) is 0 Å². The van der Waals surface area contributed by atoms with Crippen LogP contribution in [0.15, 0.2) is 48.5 Å². The van der Waals surface area contributed by atoms with Gasteiger partial charge in [0.05, 0.1) is 23.8 Å². The fourth-order valence-corrected chi connectivity index (χ4v) is 3.67. The van der Waals surface area contributed by atoms with Crippen LogP contribution < -0.4 is 20.3 Å². The molecule has 1 atom stereocenters. The van der Waals surface area contributed by atoms with Gasteiger partial charge in [-0.05, 0) is 49.2 Å². The van der Waals surface area contributed by atoms with Crippen LogP contribution in [0.2, 0.25) is 0 Å². The van der Waals surface area contributed by atoms with Crippen molar-refractivity contribution < 1.29 is 19.1 Å². The minimum atomic E-state index is -0.717. The van der Waals surface area contributed by atoms with Gasteiger partial charge in [0.1, 0.15) is 17.6 Å². The Labute approximate surface area is 185 Å². The molecule has 166 valence electrons. The van der Waals surface area contributed by atoms with Crippen molar-refractivity contribution in [2.45, 2.75) is 31.7 Å². The maximum Gasteiger partial charge on any atom is 0.329 e. The van der Waals surface area contributed by atoms with Crippen molar-refractivity contribution in [1.29, 1.82) is 0 Å². The molecule has 0 radical (unpaired) electrons. The van der Waals surface area contributed by atoms with Crippen molar-refractivity contribution in [1.82, 2.24) is 20.6 Å². The number of benzene rings is 2. The minimum absolute atomic E-state index is 0.151. The molecule has 4 rings (SSSR count). The number of methoxy groups -OCH3 is 1. The van der Waals surface area contributed by atoms with Crippen LogP contribution in [0.5, 0.6) is 5.75 Å². The largest absolute Gasteiger partial charge is 0.497 e. The molecule has 0 unspecified atom stereocenters. The van der Waals surface area contributed by atoms with Gasteiger partial charge in [0, 0.05) is 19.4 Å². The number of hydrogen-bond donors (Lipinski definition) is 3. The SMILES string of the molecule is COc1ccc(N2C(=O)N[C@@H](CCC(=O)NCCCc3nc4ccccc4[nH]3)C2=O)cc1. The second-order valence-electron chi connectivity index (χ2n) is 7.57. The number of nitrogens with zero attached hydrogens (tertiary/aromatic N) is 2. The Bertz CT molecular complexity index is 1090. The summed E-state index contributed by atoms with van der Waals surface area (Å²) in [6.45, 7) is 0.513. The van der Waals surface area contributed by atoms with Gasteiger partial charge in [-0.25, -0.2) is 14.7 Å². The van der Waals surface area contributed by atoms with Gasteiger partial charge in [0.15, 0.2) is 0 Å². The van der Waals surface area contributed by atoms with Crippen LogP contribution >= 0.6 is 0 Å². The number of imide groups is 1. The number of aromatic amines is 1. The van der Waals surface area contributed by atoms with Crippen LogP contribution in [0.3, 0.4) is 0 Å². The first kappa shape index (κ1) is 21.4. The first-order valence-corrected chi connectivity index (χ1v) is 10.5. The molecule has 2 heterocycles. The number of fused-ring (bicyclic) bond motifs is 1. The summed E-state index contributed by atoms with van der Waals surface area (Å²) >= 11 is 0. The second kappa shape index (κ2) is 9.51. The predicted molar refractivity (Wildman–Crippen MR) is 119 cm³/mol. The van der Waals surface area contributed by atoms with E-state index in [0.717, 1.165) is 34.6 Å². The molecule has 0 saturated carbocycles. The van der Waals surface area contributed by atoms with Crippen molar-refractivity contribution >= 4 is 34.6 Å². The van der Waals surface area contributed by atoms with Crippen molar-refractivity contribution in [3.05, 3.63) is 54.4 Å². The van der Waals surface area contributed by atoms with Gasteiger partial charge < -0.3 is 20.4 Å². The molecular weight excluding hydrogens is 410 g/mol. The van der Waals surface area contributed by atoms with Crippen LogP contribution in [-0.4, -0.2) is 47.5 Å². The van der Waals surface area contributed by atoms with Gasteiger partial charge in [-0.1, -0.05) is 12.1 Å². The first-order chi connectivity index (χ1) is 15.5. The van der Waals surface area contributed by atoms with E-state index in [0.29, 0.717) is 18.0 Å². The highest BCUT2D eigenvalue weighted by Crippen LogP contribution is 2.23. The number of imidazole rings is 1. The summed E-state index contributed by atoms with van der Waals surface area (Å²) in [5, 5.41) is 5.51. The number of aromatic nitrogens is 2. The molecule has 32 heavy (non-hydrogen) atoms. The Morgan fingerprint density at radius 3 is 2.69 bits per heavy atom. The molecule has 3 N–H and O–H groups in total. The first-order valence-electron chi connectivity index (χ1n) is 10.5. The number of nitrogens with one attached hydrogen (secondary N) is 3. The number of amides is 4. The van der Waals surface area contributed by atoms with Gasteiger partial charge in [-0.15, -0.1) is 0 Å². The van der Waals surface area contributed by atoms with E-state index in [2.05, 4.69) is 20.6 Å². The van der Waals surface area contributed by atoms with Crippen LogP contribution in [0.25, 0.3) is 11.0 Å². The van der Waals surface area contributed by atoms with E-state index in [1.807, 2.05) is 24.3 Å². The molecule has 3 aromatic rings. The molecule has 1 saturated heterocycles. The number of anilines is 1. The van der Waals surface area contributed by atoms with Gasteiger partial charge in [0.25, 0.3) is 5.91 Å². The molecular formula is C23H25N5O4. The third-order valence-electron chi connectivity index (χ3n) is 5.36. The zero-order chi connectivity index (χ0) is 22.5. The van der Waals surface area contributed by atoms with E-state index in [4.69, 9.17) is 4.74 Å². The van der Waals surface area contributed by atoms with E-state index in [-0.39, 0.29) is 24.7 Å². The Morgan fingerprint density at radius 2 is 1.94 bits per heavy atom. The number of hydrogen-bond acceptors (Lipinski definition) is 5. The van der Waals surface area contributed by atoms with Crippen LogP contribution in [0.1, 0.15) is 25.1 Å². The fourth-order valence-electron chi connectivity index (χ4n) is 3.67. The molecule has 1 fully saturated rings. The molecule has 9 heteroatoms. The summed E-state index contributed by atoms with van der Waals surface area (Å²) in [6.07, 6.45) is 1.86. The number of aryl methyl sites for hydroxylation is 1. The summed E-state index contributed by atoms with van der Waals surface area (Å²) < 4.78 is 5.10. The standard InChI is InChI=1S/C23H25N5O4/c1-32-16-10-8-15(9-11-16)28-22(30)19(27-23(28)31)12-13-21(29)24-14-4-7-20-25-17-5-2-3-6-18(17)26-20/h2-3,5-6,8-11,19H,4,7,12-14H2,1H3,(H,24,29)(H,25,26)(H,27,31)/t19-/m0/s1. The number of urea groups is 1. The molecule has 1 aromatic heterocycles. The Morgan fingerprint density at radius 1 is 1.16 bits per heavy atom. The topological polar surface area (TPSA) is 116 Å². The number of carbonyl (C=O) groups excluding carboxylic acids is 3. The zero-order valence-electron chi connectivity index (χ0n) is 17.8. The number of carbonyl (C=O) groups is 3. The lowest BCUT2D eigenvalue weighted by Gasteiger charge is -2.13. The lowest BCUT2D eigenvalue weighted by Crippen LogP contribution is -2.33. The van der Waals surface area contributed by atoms with Gasteiger partial charge in [0.2, 0.25) is 5.91 Å². The van der Waals surface area contributed by atoms with E-state index >= 15 is 0 Å². The minimum Gasteiger partial charge on any atom is -0.497 e. The second-order valence-corrected chi connectivity index (χ2v) is 7.57. The zero-order valence-corrected chi connectivity index (χ0v) is 17.8. The van der Waals surface area contributed by atoms with Crippen molar-refractivity contribution in [2.75, 3.05) is 18.6 Å². The van der Waals surface area contributed by atoms with E-state index in [1.54, 1.807) is 31.4 Å². The third-order valence-corrected chi connectivity index (χ3v) is 5.36. The lowest BCUT2D eigenvalue weighted by molar-refractivity contribution is -0.121. The average molecular weight is 435 g/mol. The molecule has 1 aliphatic rings. The van der Waals surface area contributed by atoms with Gasteiger partial charge in [-0.2, -0.15) is 0 Å². The summed E-state index contributed by atoms with van der Waals surface area (Å²) in [4.78, 5) is 46.0. The Hall–Kier alpha value is -3.88. The smallest absolute Gasteiger partial charge is 0.329 e. The molecule has 9 nitrogen and oxygen atoms in total. The van der Waals surface area contributed by atoms with Gasteiger partial charge in [-0.3, -0.25) is 9.59 Å². The quantitative estimate of drug-likeness (QED) is 0.353. The Kier molecular flexibility index (Phi) is 6.34. The lowest BCUT2D eigenvalue weighted by atomic mass is 10.1. The normalized spacial score (nSPS) is 15.8. The Balaban J connectivity index is 1.20. The molecule has 0 aliphatic carbocycles. The summed E-state index contributed by atoms with van der Waals surface area (Å²) in [5.41, 5.74) is 2.39. The number of ether oxygens (including phenoxy) is 1. The average Bonchev–Trinajstić information content (AvgIpc) is 3.35. The van der Waals surface area contributed by atoms with Crippen LogP contribution in [0.4, 0.5) is 10.5 Å². The number of H-pyrrole nitrogens is 1. The van der Waals surface area contributed by atoms with Crippen molar-refractivity contribution in [2.24, 2.45) is 0 Å². The number of rotatable bonds is 9. The summed E-state index contributed by atoms with van der Waals surface area (Å²) in [6, 6.07) is 13.3. The van der Waals surface area contributed by atoms with E-state index in [1.165, 1.54) is 0 Å². The predicted octanol–water partition coefficient (Wildman–Crippen LogP) is 2.53. The third kappa shape index (κ3) is 4.72. The van der Waals surface area contributed by atoms with E-state index in [9.17, 15) is 14.4 Å². The van der Waals surface area contributed by atoms with Crippen LogP contribution in [-0.2, 0) is 16.0 Å². The summed E-state index contributed by atoms with van der Waals surface area (Å²) in [7, 11) is 1.54. The molecule has 4 amide bonds. The van der Waals surface area contributed by atoms with Crippen molar-refractivity contribution in [3.63, 3.8) is 0 Å².